The van der Waals surface area contributed by atoms with Crippen LogP contribution in [0.1, 0.15) is 13.8 Å². The van der Waals surface area contributed by atoms with Crippen molar-refractivity contribution in [2.75, 3.05) is 18.8 Å². The van der Waals surface area contributed by atoms with Gasteiger partial charge in [0.1, 0.15) is 0 Å². The van der Waals surface area contributed by atoms with E-state index in [2.05, 4.69) is 15.6 Å². The third-order valence-corrected chi connectivity index (χ3v) is 2.57. The molecule has 0 aromatic rings. The number of aliphatic imine (C=N–C) groups is 1. The Hall–Kier alpha value is -1.04. The molecule has 0 unspecified atom stereocenters. The molecular formula is C9H15N3O2S. The lowest BCUT2D eigenvalue weighted by Crippen LogP contribution is -2.42. The summed E-state index contributed by atoms with van der Waals surface area (Å²) in [5, 5.41) is 5.55. The first-order valence-electron chi connectivity index (χ1n) is 4.86. The highest BCUT2D eigenvalue weighted by molar-refractivity contribution is 8.14. The summed E-state index contributed by atoms with van der Waals surface area (Å²) < 4.78 is 0. The van der Waals surface area contributed by atoms with Crippen molar-refractivity contribution >= 4 is 28.7 Å². The number of amidine groups is 1. The molecule has 0 fully saturated rings. The molecule has 0 aromatic heterocycles. The first kappa shape index (κ1) is 12.0. The molecule has 0 bridgehead atoms. The highest BCUT2D eigenvalue weighted by Gasteiger charge is 2.17. The number of rotatable bonds is 2. The van der Waals surface area contributed by atoms with Gasteiger partial charge >= 0.3 is 11.8 Å². The summed E-state index contributed by atoms with van der Waals surface area (Å²) in [5.41, 5.74) is 0. The van der Waals surface area contributed by atoms with Gasteiger partial charge in [-0.3, -0.25) is 19.9 Å². The maximum absolute atomic E-state index is 11.3. The number of nitrogens with one attached hydrogen (secondary N) is 2. The molecule has 0 radical (unpaired) electrons. The Balaban J connectivity index is 2.29. The highest BCUT2D eigenvalue weighted by Crippen LogP contribution is 2.08. The normalized spacial score (nSPS) is 15.0. The molecule has 1 rings (SSSR count). The Morgan fingerprint density at radius 3 is 2.73 bits per heavy atom. The van der Waals surface area contributed by atoms with Crippen molar-refractivity contribution in [3.8, 4) is 0 Å². The van der Waals surface area contributed by atoms with E-state index in [9.17, 15) is 9.59 Å². The average molecular weight is 229 g/mol. The quantitative estimate of drug-likeness (QED) is 0.654. The number of amides is 2. The van der Waals surface area contributed by atoms with Gasteiger partial charge in [-0.25, -0.2) is 0 Å². The van der Waals surface area contributed by atoms with Gasteiger partial charge in [-0.2, -0.15) is 0 Å². The summed E-state index contributed by atoms with van der Waals surface area (Å²) in [6.45, 7) is 5.14. The smallest absolute Gasteiger partial charge is 0.315 e. The molecule has 0 aliphatic carbocycles. The highest BCUT2D eigenvalue weighted by atomic mass is 32.2. The summed E-state index contributed by atoms with van der Waals surface area (Å²) in [6, 6.07) is 0. The minimum Gasteiger partial charge on any atom is -0.348 e. The molecule has 0 saturated carbocycles. The van der Waals surface area contributed by atoms with Crippen LogP contribution in [0.5, 0.6) is 0 Å². The van der Waals surface area contributed by atoms with Crippen molar-refractivity contribution in [3.63, 3.8) is 0 Å². The van der Waals surface area contributed by atoms with Gasteiger partial charge < -0.3 is 5.32 Å². The fourth-order valence-electron chi connectivity index (χ4n) is 0.942. The maximum atomic E-state index is 11.3. The first-order valence-corrected chi connectivity index (χ1v) is 5.84. The van der Waals surface area contributed by atoms with Gasteiger partial charge in [-0.15, -0.1) is 0 Å². The summed E-state index contributed by atoms with van der Waals surface area (Å²) in [6.07, 6.45) is 0. The van der Waals surface area contributed by atoms with E-state index in [-0.39, 0.29) is 0 Å². The molecule has 5 nitrogen and oxygen atoms in total. The standard InChI is InChI=1S/C9H15N3O2S/c1-6(2)5-11-7(13)8(14)12-9-10-3-4-15-9/h6H,3-5H2,1-2H3,(H,11,13)(H,10,12,14). The van der Waals surface area contributed by atoms with E-state index in [1.165, 1.54) is 11.8 Å². The van der Waals surface area contributed by atoms with Gasteiger partial charge in [0.25, 0.3) is 0 Å². The number of hydrogen-bond acceptors (Lipinski definition) is 4. The van der Waals surface area contributed by atoms with Gasteiger partial charge in [0.05, 0.1) is 6.54 Å². The number of hydrogen-bond donors (Lipinski definition) is 2. The predicted octanol–water partition coefficient (Wildman–Crippen LogP) is -0.0224. The SMILES string of the molecule is CC(C)CNC(=O)C(=O)NC1=NCCS1. The van der Waals surface area contributed by atoms with Crippen LogP contribution in [0.15, 0.2) is 4.99 Å². The van der Waals surface area contributed by atoms with E-state index >= 15 is 0 Å². The van der Waals surface area contributed by atoms with Crippen molar-refractivity contribution in [3.05, 3.63) is 0 Å². The lowest BCUT2D eigenvalue weighted by molar-refractivity contribution is -0.138. The summed E-state index contributed by atoms with van der Waals surface area (Å²) in [7, 11) is 0. The van der Waals surface area contributed by atoms with Gasteiger partial charge in [0.2, 0.25) is 0 Å². The molecule has 1 heterocycles. The zero-order valence-corrected chi connectivity index (χ0v) is 9.69. The van der Waals surface area contributed by atoms with E-state index in [4.69, 9.17) is 0 Å². The first-order chi connectivity index (χ1) is 7.09. The molecule has 0 saturated heterocycles. The third-order valence-electron chi connectivity index (χ3n) is 1.68. The largest absolute Gasteiger partial charge is 0.348 e. The molecule has 1 aliphatic heterocycles. The van der Waals surface area contributed by atoms with Crippen LogP contribution >= 0.6 is 11.8 Å². The van der Waals surface area contributed by atoms with E-state index in [1.807, 2.05) is 13.8 Å². The van der Waals surface area contributed by atoms with Crippen LogP contribution in [-0.2, 0) is 9.59 Å². The van der Waals surface area contributed by atoms with E-state index < -0.39 is 11.8 Å². The molecule has 2 amide bonds. The number of nitrogens with zero attached hydrogens (tertiary/aromatic N) is 1. The Kier molecular flexibility index (Phi) is 4.61. The topological polar surface area (TPSA) is 70.6 Å². The van der Waals surface area contributed by atoms with Gasteiger partial charge in [-0.05, 0) is 5.92 Å². The van der Waals surface area contributed by atoms with E-state index in [1.54, 1.807) is 0 Å². The van der Waals surface area contributed by atoms with Crippen molar-refractivity contribution in [2.24, 2.45) is 10.9 Å². The fourth-order valence-corrected chi connectivity index (χ4v) is 1.67. The zero-order valence-electron chi connectivity index (χ0n) is 8.87. The minimum absolute atomic E-state index is 0.333. The lowest BCUT2D eigenvalue weighted by Gasteiger charge is -2.07. The van der Waals surface area contributed by atoms with Crippen LogP contribution < -0.4 is 10.6 Å². The predicted molar refractivity (Wildman–Crippen MR) is 60.8 cm³/mol. The fraction of sp³-hybridized carbons (Fsp3) is 0.667. The van der Waals surface area contributed by atoms with Crippen LogP contribution in [0.25, 0.3) is 0 Å². The molecule has 1 aliphatic rings. The number of carbonyl (C=O) groups excluding carboxylic acids is 2. The van der Waals surface area contributed by atoms with E-state index in [0.29, 0.717) is 24.2 Å². The Bertz CT molecular complexity index is 289. The van der Waals surface area contributed by atoms with Crippen LogP contribution in [0.4, 0.5) is 0 Å². The monoisotopic (exact) mass is 229 g/mol. The van der Waals surface area contributed by atoms with Crippen molar-refractivity contribution in [2.45, 2.75) is 13.8 Å². The Morgan fingerprint density at radius 2 is 2.20 bits per heavy atom. The lowest BCUT2D eigenvalue weighted by atomic mass is 10.2. The molecule has 0 aromatic carbocycles. The molecule has 84 valence electrons. The molecule has 0 spiro atoms. The molecule has 2 N–H and O–H groups in total. The maximum Gasteiger partial charge on any atom is 0.315 e. The van der Waals surface area contributed by atoms with Crippen LogP contribution in [0.2, 0.25) is 0 Å². The Morgan fingerprint density at radius 1 is 1.47 bits per heavy atom. The summed E-state index contributed by atoms with van der Waals surface area (Å²) in [4.78, 5) is 26.6. The van der Waals surface area contributed by atoms with Crippen LogP contribution in [0, 0.1) is 5.92 Å². The molecule has 6 heteroatoms. The molecule has 0 atom stereocenters. The Labute approximate surface area is 93.1 Å². The molecule has 15 heavy (non-hydrogen) atoms. The van der Waals surface area contributed by atoms with Crippen molar-refractivity contribution in [1.82, 2.24) is 10.6 Å². The summed E-state index contributed by atoms with van der Waals surface area (Å²) in [5.74, 6) is -0.0360. The van der Waals surface area contributed by atoms with Gasteiger partial charge in [-0.1, -0.05) is 25.6 Å². The van der Waals surface area contributed by atoms with E-state index in [0.717, 1.165) is 5.75 Å². The minimum atomic E-state index is -0.635. The number of carbonyl (C=O) groups is 2. The summed E-state index contributed by atoms with van der Waals surface area (Å²) >= 11 is 1.45. The van der Waals surface area contributed by atoms with Crippen molar-refractivity contribution < 1.29 is 9.59 Å². The second-order valence-corrected chi connectivity index (χ2v) is 4.68. The average Bonchev–Trinajstić information content (AvgIpc) is 2.66. The van der Waals surface area contributed by atoms with Crippen LogP contribution in [0.3, 0.4) is 0 Å². The number of thioether (sulfide) groups is 1. The third kappa shape index (κ3) is 4.33. The van der Waals surface area contributed by atoms with Gasteiger partial charge in [0, 0.05) is 12.3 Å². The zero-order chi connectivity index (χ0) is 11.3. The second kappa shape index (κ2) is 5.75. The van der Waals surface area contributed by atoms with Crippen molar-refractivity contribution in [1.29, 1.82) is 0 Å². The van der Waals surface area contributed by atoms with Gasteiger partial charge in [0.15, 0.2) is 5.17 Å². The van der Waals surface area contributed by atoms with Crippen LogP contribution in [-0.4, -0.2) is 35.8 Å². The second-order valence-electron chi connectivity index (χ2n) is 3.59. The molecular weight excluding hydrogens is 214 g/mol.